The number of carbonyl (C=O) groups excluding carboxylic acids is 1. The Morgan fingerprint density at radius 1 is 1.24 bits per heavy atom. The minimum absolute atomic E-state index is 0.171. The molecular weight excluding hydrogens is 408 g/mol. The zero-order valence-corrected chi connectivity index (χ0v) is 15.7. The van der Waals surface area contributed by atoms with E-state index in [1.165, 1.54) is 6.07 Å². The normalized spacial score (nSPS) is 15.8. The first kappa shape index (κ1) is 17.6. The molecule has 0 amide bonds. The fraction of sp³-hybridized carbons (Fsp3) is 0.176. The van der Waals surface area contributed by atoms with Crippen LogP contribution in [0, 0.1) is 0 Å². The van der Waals surface area contributed by atoms with Crippen LogP contribution in [0.15, 0.2) is 57.8 Å². The number of hydrogen-bond acceptors (Lipinski definition) is 5. The van der Waals surface area contributed by atoms with E-state index < -0.39 is 10.0 Å². The molecule has 0 fully saturated rings. The average Bonchev–Trinajstić information content (AvgIpc) is 2.85. The van der Waals surface area contributed by atoms with E-state index in [1.54, 1.807) is 42.5 Å². The Morgan fingerprint density at radius 3 is 2.76 bits per heavy atom. The van der Waals surface area contributed by atoms with Crippen LogP contribution >= 0.6 is 15.9 Å². The number of esters is 1. The quantitative estimate of drug-likeness (QED) is 0.463. The summed E-state index contributed by atoms with van der Waals surface area (Å²) in [7, 11) is -3.68. The molecule has 0 saturated carbocycles. The molecule has 0 bridgehead atoms. The molecule has 1 aliphatic heterocycles. The van der Waals surface area contributed by atoms with E-state index in [4.69, 9.17) is 4.74 Å². The number of nitrogens with one attached hydrogen (secondary N) is 1. The Labute approximate surface area is 154 Å². The molecule has 6 nitrogen and oxygen atoms in total. The van der Waals surface area contributed by atoms with Crippen molar-refractivity contribution in [3.63, 3.8) is 0 Å². The Bertz CT molecular complexity index is 957. The van der Waals surface area contributed by atoms with Crippen LogP contribution in [0.25, 0.3) is 0 Å². The van der Waals surface area contributed by atoms with Gasteiger partial charge in [-0.25, -0.2) is 0 Å². The van der Waals surface area contributed by atoms with Crippen molar-refractivity contribution in [3.8, 4) is 5.75 Å². The predicted molar refractivity (Wildman–Crippen MR) is 98.9 cm³/mol. The van der Waals surface area contributed by atoms with Gasteiger partial charge in [-0.3, -0.25) is 4.79 Å². The number of benzene rings is 2. The minimum Gasteiger partial charge on any atom is -0.426 e. The number of amidine groups is 1. The topological polar surface area (TPSA) is 84.8 Å². The van der Waals surface area contributed by atoms with Gasteiger partial charge in [-0.15, -0.1) is 4.40 Å². The molecule has 0 aromatic heterocycles. The lowest BCUT2D eigenvalue weighted by molar-refractivity contribution is -0.133. The van der Waals surface area contributed by atoms with Crippen molar-refractivity contribution in [3.05, 3.63) is 54.1 Å². The average molecular weight is 423 g/mol. The first-order chi connectivity index (χ1) is 11.9. The molecule has 0 spiro atoms. The summed E-state index contributed by atoms with van der Waals surface area (Å²) in [6, 6.07) is 13.3. The van der Waals surface area contributed by atoms with Gasteiger partial charge < -0.3 is 10.1 Å². The van der Waals surface area contributed by atoms with Crippen LogP contribution < -0.4 is 10.1 Å². The van der Waals surface area contributed by atoms with Crippen LogP contribution in [0.3, 0.4) is 0 Å². The molecule has 130 valence electrons. The van der Waals surface area contributed by atoms with Crippen LogP contribution in [0.5, 0.6) is 5.75 Å². The molecule has 1 atom stereocenters. The van der Waals surface area contributed by atoms with Gasteiger partial charge in [0.1, 0.15) is 15.5 Å². The highest BCUT2D eigenvalue weighted by molar-refractivity contribution is 9.10. The fourth-order valence-corrected chi connectivity index (χ4v) is 3.59. The van der Waals surface area contributed by atoms with Gasteiger partial charge in [0.2, 0.25) is 0 Å². The molecule has 2 aromatic rings. The Balaban J connectivity index is 1.83. The van der Waals surface area contributed by atoms with Gasteiger partial charge in [0.25, 0.3) is 10.0 Å². The summed E-state index contributed by atoms with van der Waals surface area (Å²) in [4.78, 5) is 11.7. The summed E-state index contributed by atoms with van der Waals surface area (Å²) in [6.45, 7) is 1.87. The summed E-state index contributed by atoms with van der Waals surface area (Å²) >= 11 is 3.24. The fourth-order valence-electron chi connectivity index (χ4n) is 2.32. The largest absolute Gasteiger partial charge is 0.426 e. The lowest BCUT2D eigenvalue weighted by atomic mass is 10.2. The second-order valence-corrected chi connectivity index (χ2v) is 8.04. The maximum atomic E-state index is 12.1. The lowest BCUT2D eigenvalue weighted by Crippen LogP contribution is -2.19. The Hall–Kier alpha value is -2.19. The van der Waals surface area contributed by atoms with Crippen molar-refractivity contribution >= 4 is 43.4 Å². The summed E-state index contributed by atoms with van der Waals surface area (Å²) in [5.74, 6) is 0.222. The first-order valence-electron chi connectivity index (χ1n) is 7.58. The number of halogens is 1. The number of anilines is 1. The van der Waals surface area contributed by atoms with E-state index in [2.05, 4.69) is 25.6 Å². The number of fused-ring (bicyclic) bond motifs is 1. The highest BCUT2D eigenvalue weighted by atomic mass is 79.9. The number of carbonyl (C=O) groups is 1. The number of ether oxygens (including phenoxy) is 1. The standard InChI is InChI=1S/C17H15BrN2O4S/c1-2-14(18)17(21)24-12-7-5-6-11(10-12)19-16-13-8-3-4-9-15(13)25(22,23)20-16/h3-10,14H,2H2,1H3,(H,19,20). The van der Waals surface area contributed by atoms with Gasteiger partial charge >= 0.3 is 5.97 Å². The number of nitrogens with zero attached hydrogens (tertiary/aromatic N) is 1. The first-order valence-corrected chi connectivity index (χ1v) is 9.93. The van der Waals surface area contributed by atoms with E-state index in [1.807, 2.05) is 6.92 Å². The van der Waals surface area contributed by atoms with E-state index >= 15 is 0 Å². The maximum Gasteiger partial charge on any atom is 0.325 e. The molecule has 3 rings (SSSR count). The van der Waals surface area contributed by atoms with Crippen LogP contribution in [0.1, 0.15) is 18.9 Å². The molecule has 25 heavy (non-hydrogen) atoms. The lowest BCUT2D eigenvalue weighted by Gasteiger charge is -2.10. The van der Waals surface area contributed by atoms with Crippen molar-refractivity contribution in [1.29, 1.82) is 0 Å². The SMILES string of the molecule is CCC(Br)C(=O)Oc1cccc(NC2=NS(=O)(=O)c3ccccc32)c1. The minimum atomic E-state index is -3.68. The molecule has 0 saturated heterocycles. The summed E-state index contributed by atoms with van der Waals surface area (Å²) in [5.41, 5.74) is 1.08. The maximum absolute atomic E-state index is 12.1. The van der Waals surface area contributed by atoms with Crippen LogP contribution in [-0.4, -0.2) is 25.0 Å². The molecule has 2 aromatic carbocycles. The molecular formula is C17H15BrN2O4S. The van der Waals surface area contributed by atoms with Gasteiger partial charge in [-0.2, -0.15) is 8.42 Å². The number of sulfonamides is 1. The van der Waals surface area contributed by atoms with Crippen molar-refractivity contribution in [1.82, 2.24) is 0 Å². The summed E-state index contributed by atoms with van der Waals surface area (Å²) in [6.07, 6.45) is 0.613. The monoisotopic (exact) mass is 422 g/mol. The van der Waals surface area contributed by atoms with Crippen molar-refractivity contribution in [2.75, 3.05) is 5.32 Å². The third kappa shape index (κ3) is 3.74. The van der Waals surface area contributed by atoms with Crippen molar-refractivity contribution < 1.29 is 17.9 Å². The van der Waals surface area contributed by atoms with E-state index in [0.29, 0.717) is 23.4 Å². The van der Waals surface area contributed by atoms with Crippen LogP contribution in [0.2, 0.25) is 0 Å². The van der Waals surface area contributed by atoms with Gasteiger partial charge in [0.05, 0.1) is 0 Å². The van der Waals surface area contributed by atoms with Gasteiger partial charge in [0, 0.05) is 17.3 Å². The number of hydrogen-bond donors (Lipinski definition) is 1. The summed E-state index contributed by atoms with van der Waals surface area (Å²) in [5, 5.41) is 2.98. The molecule has 8 heteroatoms. The zero-order valence-electron chi connectivity index (χ0n) is 13.3. The van der Waals surface area contributed by atoms with E-state index in [-0.39, 0.29) is 21.5 Å². The van der Waals surface area contributed by atoms with Gasteiger partial charge in [-0.1, -0.05) is 41.1 Å². The third-order valence-corrected chi connectivity index (χ3v) is 5.92. The van der Waals surface area contributed by atoms with E-state index in [0.717, 1.165) is 0 Å². The highest BCUT2D eigenvalue weighted by Gasteiger charge is 2.28. The van der Waals surface area contributed by atoms with Gasteiger partial charge in [0.15, 0.2) is 5.84 Å². The van der Waals surface area contributed by atoms with Crippen LogP contribution in [0.4, 0.5) is 5.69 Å². The molecule has 1 unspecified atom stereocenters. The second-order valence-electron chi connectivity index (χ2n) is 5.36. The van der Waals surface area contributed by atoms with E-state index in [9.17, 15) is 13.2 Å². The molecule has 0 radical (unpaired) electrons. The molecule has 1 N–H and O–H groups in total. The number of rotatable bonds is 4. The highest BCUT2D eigenvalue weighted by Crippen LogP contribution is 2.27. The third-order valence-electron chi connectivity index (χ3n) is 3.56. The molecule has 1 aliphatic rings. The van der Waals surface area contributed by atoms with Crippen molar-refractivity contribution in [2.24, 2.45) is 4.40 Å². The molecule has 1 heterocycles. The Morgan fingerprint density at radius 2 is 2.00 bits per heavy atom. The number of alkyl halides is 1. The predicted octanol–water partition coefficient (Wildman–Crippen LogP) is 3.33. The second kappa shape index (κ2) is 6.97. The zero-order chi connectivity index (χ0) is 18.0. The smallest absolute Gasteiger partial charge is 0.325 e. The van der Waals surface area contributed by atoms with Crippen LogP contribution in [-0.2, 0) is 14.8 Å². The Kier molecular flexibility index (Phi) is 4.91. The van der Waals surface area contributed by atoms with Gasteiger partial charge in [-0.05, 0) is 30.7 Å². The van der Waals surface area contributed by atoms with Crippen molar-refractivity contribution in [2.45, 2.75) is 23.1 Å². The molecule has 0 aliphatic carbocycles. The summed E-state index contributed by atoms with van der Waals surface area (Å²) < 4.78 is 33.2.